The summed E-state index contributed by atoms with van der Waals surface area (Å²) in [5.41, 5.74) is 2.67. The fraction of sp³-hybridized carbons (Fsp3) is 0.438. The number of aryl methyl sites for hydroxylation is 1. The zero-order valence-electron chi connectivity index (χ0n) is 11.6. The second-order valence-electron chi connectivity index (χ2n) is 4.82. The summed E-state index contributed by atoms with van der Waals surface area (Å²) < 4.78 is 0. The van der Waals surface area contributed by atoms with Crippen molar-refractivity contribution in [2.75, 3.05) is 17.7 Å². The van der Waals surface area contributed by atoms with E-state index in [0.717, 1.165) is 35.4 Å². The van der Waals surface area contributed by atoms with Gasteiger partial charge in [0.15, 0.2) is 0 Å². The highest BCUT2D eigenvalue weighted by molar-refractivity contribution is 8.00. The van der Waals surface area contributed by atoms with E-state index >= 15 is 0 Å². The van der Waals surface area contributed by atoms with Crippen LogP contribution in [0.3, 0.4) is 0 Å². The Bertz CT molecular complexity index is 539. The van der Waals surface area contributed by atoms with Gasteiger partial charge >= 0.3 is 0 Å². The molecule has 1 aromatic carbocycles. The first-order valence-electron chi connectivity index (χ1n) is 6.83. The number of rotatable bonds is 3. The lowest BCUT2D eigenvalue weighted by Gasteiger charge is -2.12. The number of carbonyl (C=O) groups excluding carboxylic acids is 1. The summed E-state index contributed by atoms with van der Waals surface area (Å²) in [4.78, 5) is 12.2. The molecule has 1 amide bonds. The van der Waals surface area contributed by atoms with E-state index in [-0.39, 0.29) is 17.8 Å². The molecule has 0 radical (unpaired) electrons. The summed E-state index contributed by atoms with van der Waals surface area (Å²) in [5.74, 6) is 7.04. The Balaban J connectivity index is 2.14. The standard InChI is InChI=1S/C16H19NO2S/c1-12-7-8-13(5-2-3-9-18)14(11-12)17-16(19)15-6-4-10-20-15/h7-8,11,15,18H,3-4,6,9-10H2,1H3,(H,17,19). The van der Waals surface area contributed by atoms with Crippen molar-refractivity contribution in [3.8, 4) is 11.8 Å². The van der Waals surface area contributed by atoms with Crippen LogP contribution in [0.4, 0.5) is 5.69 Å². The Morgan fingerprint density at radius 2 is 2.40 bits per heavy atom. The van der Waals surface area contributed by atoms with E-state index in [2.05, 4.69) is 17.2 Å². The molecule has 20 heavy (non-hydrogen) atoms. The molecule has 2 N–H and O–H groups in total. The minimum atomic E-state index is 0.0548. The molecule has 0 bridgehead atoms. The van der Waals surface area contributed by atoms with Crippen LogP contribution in [0.2, 0.25) is 0 Å². The summed E-state index contributed by atoms with van der Waals surface area (Å²) in [5, 5.41) is 11.8. The summed E-state index contributed by atoms with van der Waals surface area (Å²) in [6, 6.07) is 5.83. The maximum absolute atomic E-state index is 12.2. The minimum Gasteiger partial charge on any atom is -0.395 e. The molecule has 1 aromatic rings. The van der Waals surface area contributed by atoms with Crippen molar-refractivity contribution in [3.05, 3.63) is 29.3 Å². The molecule has 0 aromatic heterocycles. The quantitative estimate of drug-likeness (QED) is 0.841. The van der Waals surface area contributed by atoms with E-state index < -0.39 is 0 Å². The van der Waals surface area contributed by atoms with Crippen LogP contribution in [0.1, 0.15) is 30.4 Å². The third-order valence-corrected chi connectivity index (χ3v) is 4.49. The van der Waals surface area contributed by atoms with Crippen molar-refractivity contribution in [2.45, 2.75) is 31.4 Å². The number of aliphatic hydroxyl groups excluding tert-OH is 1. The average molecular weight is 289 g/mol. The summed E-state index contributed by atoms with van der Waals surface area (Å²) in [6.07, 6.45) is 2.51. The first-order valence-corrected chi connectivity index (χ1v) is 7.88. The van der Waals surface area contributed by atoms with Gasteiger partial charge in [-0.3, -0.25) is 4.79 Å². The van der Waals surface area contributed by atoms with Crippen molar-refractivity contribution < 1.29 is 9.90 Å². The Hall–Kier alpha value is -1.44. The second-order valence-corrected chi connectivity index (χ2v) is 6.13. The van der Waals surface area contributed by atoms with E-state index in [1.165, 1.54) is 0 Å². The molecule has 0 spiro atoms. The topological polar surface area (TPSA) is 49.3 Å². The zero-order valence-corrected chi connectivity index (χ0v) is 12.4. The molecule has 1 aliphatic rings. The maximum atomic E-state index is 12.2. The Labute approximate surface area is 124 Å². The number of amides is 1. The highest BCUT2D eigenvalue weighted by Gasteiger charge is 2.23. The Morgan fingerprint density at radius 3 is 3.10 bits per heavy atom. The molecule has 1 aliphatic heterocycles. The molecule has 1 atom stereocenters. The molecule has 1 unspecified atom stereocenters. The fourth-order valence-corrected chi connectivity index (χ4v) is 3.24. The number of nitrogens with one attached hydrogen (secondary N) is 1. The van der Waals surface area contributed by atoms with Gasteiger partial charge in [0.1, 0.15) is 0 Å². The lowest BCUT2D eigenvalue weighted by Crippen LogP contribution is -2.23. The van der Waals surface area contributed by atoms with E-state index in [1.54, 1.807) is 11.8 Å². The number of thioether (sulfide) groups is 1. The summed E-state index contributed by atoms with van der Waals surface area (Å²) in [7, 11) is 0. The predicted octanol–water partition coefficient (Wildman–Crippen LogP) is 2.56. The summed E-state index contributed by atoms with van der Waals surface area (Å²) >= 11 is 1.72. The van der Waals surface area contributed by atoms with Gasteiger partial charge in [0.05, 0.1) is 17.5 Å². The SMILES string of the molecule is Cc1ccc(C#CCCO)c(NC(=O)C2CCCS2)c1. The number of hydrogen-bond donors (Lipinski definition) is 2. The largest absolute Gasteiger partial charge is 0.395 e. The van der Waals surface area contributed by atoms with E-state index in [9.17, 15) is 4.79 Å². The monoisotopic (exact) mass is 289 g/mol. The number of anilines is 1. The molecule has 1 fully saturated rings. The lowest BCUT2D eigenvalue weighted by molar-refractivity contribution is -0.115. The highest BCUT2D eigenvalue weighted by atomic mass is 32.2. The van der Waals surface area contributed by atoms with E-state index in [1.807, 2.05) is 25.1 Å². The first kappa shape index (κ1) is 15.0. The van der Waals surface area contributed by atoms with Crippen LogP contribution in [0.5, 0.6) is 0 Å². The van der Waals surface area contributed by atoms with Gasteiger partial charge in [-0.15, -0.1) is 11.8 Å². The zero-order chi connectivity index (χ0) is 14.4. The summed E-state index contributed by atoms with van der Waals surface area (Å²) in [6.45, 7) is 2.05. The van der Waals surface area contributed by atoms with Crippen LogP contribution in [-0.2, 0) is 4.79 Å². The molecule has 4 heteroatoms. The van der Waals surface area contributed by atoms with Gasteiger partial charge in [-0.1, -0.05) is 17.9 Å². The fourth-order valence-electron chi connectivity index (χ4n) is 2.08. The lowest BCUT2D eigenvalue weighted by atomic mass is 10.1. The van der Waals surface area contributed by atoms with Crippen molar-refractivity contribution in [1.29, 1.82) is 0 Å². The smallest absolute Gasteiger partial charge is 0.237 e. The number of carbonyl (C=O) groups is 1. The molecule has 0 aliphatic carbocycles. The number of hydrogen-bond acceptors (Lipinski definition) is 3. The molecular formula is C16H19NO2S. The molecule has 0 saturated carbocycles. The van der Waals surface area contributed by atoms with Gasteiger partial charge < -0.3 is 10.4 Å². The first-order chi connectivity index (χ1) is 9.70. The van der Waals surface area contributed by atoms with Crippen LogP contribution >= 0.6 is 11.8 Å². The highest BCUT2D eigenvalue weighted by Crippen LogP contribution is 2.28. The molecule has 106 valence electrons. The van der Waals surface area contributed by atoms with E-state index in [4.69, 9.17) is 5.11 Å². The van der Waals surface area contributed by atoms with Gasteiger partial charge in [0.25, 0.3) is 0 Å². The molecular weight excluding hydrogens is 270 g/mol. The third-order valence-electron chi connectivity index (χ3n) is 3.11. The van der Waals surface area contributed by atoms with Crippen molar-refractivity contribution in [3.63, 3.8) is 0 Å². The number of benzene rings is 1. The van der Waals surface area contributed by atoms with Crippen molar-refractivity contribution in [1.82, 2.24) is 0 Å². The van der Waals surface area contributed by atoms with Crippen LogP contribution in [0.25, 0.3) is 0 Å². The van der Waals surface area contributed by atoms with E-state index in [0.29, 0.717) is 6.42 Å². The van der Waals surface area contributed by atoms with Crippen LogP contribution in [0, 0.1) is 18.8 Å². The van der Waals surface area contributed by atoms with Gasteiger partial charge in [0, 0.05) is 12.0 Å². The normalized spacial score (nSPS) is 17.4. The van der Waals surface area contributed by atoms with Gasteiger partial charge in [0.2, 0.25) is 5.91 Å². The second kappa shape index (κ2) is 7.37. The van der Waals surface area contributed by atoms with Crippen LogP contribution in [0.15, 0.2) is 18.2 Å². The third kappa shape index (κ3) is 4.03. The molecule has 1 heterocycles. The van der Waals surface area contributed by atoms with Crippen molar-refractivity contribution in [2.24, 2.45) is 0 Å². The van der Waals surface area contributed by atoms with Crippen molar-refractivity contribution >= 4 is 23.4 Å². The maximum Gasteiger partial charge on any atom is 0.237 e. The van der Waals surface area contributed by atoms with Gasteiger partial charge in [-0.25, -0.2) is 0 Å². The Kier molecular flexibility index (Phi) is 5.51. The molecule has 1 saturated heterocycles. The van der Waals surface area contributed by atoms with Crippen LogP contribution < -0.4 is 5.32 Å². The molecule has 2 rings (SSSR count). The minimum absolute atomic E-state index is 0.0548. The number of aliphatic hydroxyl groups is 1. The Morgan fingerprint density at radius 1 is 1.55 bits per heavy atom. The van der Waals surface area contributed by atoms with Gasteiger partial charge in [-0.05, 0) is 43.2 Å². The predicted molar refractivity (Wildman–Crippen MR) is 83.9 cm³/mol. The van der Waals surface area contributed by atoms with Gasteiger partial charge in [-0.2, -0.15) is 0 Å². The molecule has 3 nitrogen and oxygen atoms in total. The van der Waals surface area contributed by atoms with Crippen LogP contribution in [-0.4, -0.2) is 28.6 Å². The average Bonchev–Trinajstić information content (AvgIpc) is 2.95.